The van der Waals surface area contributed by atoms with Crippen molar-refractivity contribution < 1.29 is 4.42 Å². The average Bonchev–Trinajstić information content (AvgIpc) is 3.86. The molecule has 262 valence electrons. The molecule has 3 heterocycles. The van der Waals surface area contributed by atoms with E-state index in [1.165, 1.54) is 37.0 Å². The van der Waals surface area contributed by atoms with Crippen LogP contribution in [-0.2, 0) is 0 Å². The van der Waals surface area contributed by atoms with Gasteiger partial charge in [0.05, 0.1) is 0 Å². The molecule has 0 aliphatic rings. The molecule has 5 heteroatoms. The van der Waals surface area contributed by atoms with Gasteiger partial charge < -0.3 is 4.42 Å². The molecule has 0 saturated heterocycles. The molecule has 0 amide bonds. The summed E-state index contributed by atoms with van der Waals surface area (Å²) in [5.74, 6) is 1.89. The molecule has 3 aromatic heterocycles. The van der Waals surface area contributed by atoms with Crippen molar-refractivity contribution in [3.05, 3.63) is 188 Å². The maximum atomic E-state index is 6.37. The Morgan fingerprint density at radius 3 is 1.66 bits per heavy atom. The summed E-state index contributed by atoms with van der Waals surface area (Å²) in [5, 5.41) is 4.56. The zero-order chi connectivity index (χ0) is 37.0. The number of hydrogen-bond acceptors (Lipinski definition) is 5. The van der Waals surface area contributed by atoms with E-state index >= 15 is 0 Å². The topological polar surface area (TPSA) is 51.8 Å². The first-order chi connectivity index (χ1) is 27.7. The largest absolute Gasteiger partial charge is 0.455 e. The van der Waals surface area contributed by atoms with Crippen LogP contribution in [0.1, 0.15) is 0 Å². The second kappa shape index (κ2) is 13.3. The van der Waals surface area contributed by atoms with E-state index in [-0.39, 0.29) is 0 Å². The van der Waals surface area contributed by atoms with Gasteiger partial charge >= 0.3 is 0 Å². The highest BCUT2D eigenvalue weighted by atomic mass is 32.1. The van der Waals surface area contributed by atoms with Crippen LogP contribution in [-0.4, -0.2) is 15.0 Å². The number of thiophene rings is 1. The third kappa shape index (κ3) is 5.48. The van der Waals surface area contributed by atoms with Gasteiger partial charge in [0.15, 0.2) is 17.5 Å². The summed E-state index contributed by atoms with van der Waals surface area (Å²) in [5.41, 5.74) is 11.5. The minimum absolute atomic E-state index is 0.619. The Hall–Kier alpha value is -7.21. The molecule has 4 nitrogen and oxygen atoms in total. The van der Waals surface area contributed by atoms with Crippen molar-refractivity contribution in [3.63, 3.8) is 0 Å². The van der Waals surface area contributed by atoms with E-state index in [2.05, 4.69) is 158 Å². The molecule has 0 fully saturated rings. The highest BCUT2D eigenvalue weighted by Crippen LogP contribution is 2.46. The second-order valence-corrected chi connectivity index (χ2v) is 15.0. The van der Waals surface area contributed by atoms with E-state index < -0.39 is 0 Å². The Morgan fingerprint density at radius 1 is 0.357 bits per heavy atom. The number of rotatable bonds is 6. The summed E-state index contributed by atoms with van der Waals surface area (Å²) >= 11 is 1.82. The number of aromatic nitrogens is 3. The summed E-state index contributed by atoms with van der Waals surface area (Å²) in [4.78, 5) is 15.5. The van der Waals surface area contributed by atoms with E-state index in [1.807, 2.05) is 41.7 Å². The molecule has 11 rings (SSSR count). The third-order valence-electron chi connectivity index (χ3n) is 10.6. The first-order valence-electron chi connectivity index (χ1n) is 18.7. The number of para-hydroxylation sites is 2. The Balaban J connectivity index is 1.10. The van der Waals surface area contributed by atoms with Gasteiger partial charge in [0, 0.05) is 58.8 Å². The highest BCUT2D eigenvalue weighted by Gasteiger charge is 2.20. The van der Waals surface area contributed by atoms with Gasteiger partial charge in [-0.05, 0) is 46.5 Å². The van der Waals surface area contributed by atoms with E-state index in [1.54, 1.807) is 0 Å². The van der Waals surface area contributed by atoms with Gasteiger partial charge in [-0.1, -0.05) is 164 Å². The smallest absolute Gasteiger partial charge is 0.164 e. The van der Waals surface area contributed by atoms with Gasteiger partial charge in [-0.3, -0.25) is 0 Å². The number of nitrogens with zero attached hydrogens (tertiary/aromatic N) is 3. The van der Waals surface area contributed by atoms with Crippen molar-refractivity contribution in [2.75, 3.05) is 0 Å². The van der Waals surface area contributed by atoms with Crippen LogP contribution in [0.25, 0.3) is 110 Å². The van der Waals surface area contributed by atoms with Crippen molar-refractivity contribution in [1.29, 1.82) is 0 Å². The minimum Gasteiger partial charge on any atom is -0.455 e. The van der Waals surface area contributed by atoms with Crippen LogP contribution in [0, 0.1) is 0 Å². The number of furan rings is 1. The summed E-state index contributed by atoms with van der Waals surface area (Å²) < 4.78 is 8.80. The normalized spacial score (nSPS) is 11.6. The number of benzene rings is 8. The van der Waals surface area contributed by atoms with Crippen molar-refractivity contribution in [2.24, 2.45) is 0 Å². The first kappa shape index (κ1) is 32.2. The Kier molecular flexibility index (Phi) is 7.64. The highest BCUT2D eigenvalue weighted by molar-refractivity contribution is 7.26. The van der Waals surface area contributed by atoms with Crippen LogP contribution in [0.5, 0.6) is 0 Å². The summed E-state index contributed by atoms with van der Waals surface area (Å²) in [7, 11) is 0. The summed E-state index contributed by atoms with van der Waals surface area (Å²) in [6.45, 7) is 0. The number of fused-ring (bicyclic) bond motifs is 6. The predicted octanol–water partition coefficient (Wildman–Crippen LogP) is 14.1. The van der Waals surface area contributed by atoms with E-state index in [4.69, 9.17) is 19.4 Å². The molecule has 0 aliphatic carbocycles. The molecule has 0 spiro atoms. The molecular formula is C51H31N3OS. The third-order valence-corrected chi connectivity index (χ3v) is 11.8. The molecule has 0 aliphatic heterocycles. The van der Waals surface area contributed by atoms with Crippen LogP contribution < -0.4 is 0 Å². The average molecular weight is 734 g/mol. The lowest BCUT2D eigenvalue weighted by molar-refractivity contribution is 0.670. The maximum Gasteiger partial charge on any atom is 0.164 e. The molecule has 0 saturated carbocycles. The Morgan fingerprint density at radius 2 is 0.911 bits per heavy atom. The quantitative estimate of drug-likeness (QED) is 0.171. The number of hydrogen-bond donors (Lipinski definition) is 0. The zero-order valence-electron chi connectivity index (χ0n) is 30.1. The minimum atomic E-state index is 0.619. The van der Waals surface area contributed by atoms with E-state index in [0.717, 1.165) is 55.1 Å². The molecule has 0 radical (unpaired) electrons. The molecule has 0 N–H and O–H groups in total. The van der Waals surface area contributed by atoms with Crippen LogP contribution in [0.2, 0.25) is 0 Å². The standard InChI is InChI=1S/C51H31N3OS/c1-4-14-32(15-5-1)37-30-42(33-16-6-2-7-17-33)48-43(31-37)46-41(23-13-25-45(46)56-48)51-53-49(35-18-8-3-9-19-35)52-50(54-51)36-28-26-34(27-29-36)38-21-12-22-40-39-20-10-11-24-44(39)55-47(38)40/h1-31H. The Bertz CT molecular complexity index is 3230. The van der Waals surface area contributed by atoms with Gasteiger partial charge in [0.25, 0.3) is 0 Å². The molecule has 8 aromatic carbocycles. The van der Waals surface area contributed by atoms with E-state index in [9.17, 15) is 0 Å². The van der Waals surface area contributed by atoms with Crippen LogP contribution >= 0.6 is 11.3 Å². The summed E-state index contributed by atoms with van der Waals surface area (Å²) in [6.07, 6.45) is 0. The fourth-order valence-electron chi connectivity index (χ4n) is 7.86. The van der Waals surface area contributed by atoms with Gasteiger partial charge in [0.2, 0.25) is 0 Å². The van der Waals surface area contributed by atoms with Crippen LogP contribution in [0.4, 0.5) is 0 Å². The van der Waals surface area contributed by atoms with Gasteiger partial charge in [-0.2, -0.15) is 0 Å². The van der Waals surface area contributed by atoms with Crippen molar-refractivity contribution in [1.82, 2.24) is 15.0 Å². The lowest BCUT2D eigenvalue weighted by Gasteiger charge is -2.11. The molecule has 11 aromatic rings. The lowest BCUT2D eigenvalue weighted by Crippen LogP contribution is -2.00. The predicted molar refractivity (Wildman–Crippen MR) is 233 cm³/mol. The molecule has 0 bridgehead atoms. The summed E-state index contributed by atoms with van der Waals surface area (Å²) in [6, 6.07) is 65.6. The van der Waals surface area contributed by atoms with Crippen molar-refractivity contribution in [2.45, 2.75) is 0 Å². The zero-order valence-corrected chi connectivity index (χ0v) is 30.9. The molecular weight excluding hydrogens is 703 g/mol. The van der Waals surface area contributed by atoms with Crippen molar-refractivity contribution >= 4 is 53.4 Å². The van der Waals surface area contributed by atoms with Crippen molar-refractivity contribution in [3.8, 4) is 67.5 Å². The van der Waals surface area contributed by atoms with Gasteiger partial charge in [-0.15, -0.1) is 11.3 Å². The fourth-order valence-corrected chi connectivity index (χ4v) is 9.11. The fraction of sp³-hybridized carbons (Fsp3) is 0. The second-order valence-electron chi connectivity index (χ2n) is 13.9. The van der Waals surface area contributed by atoms with Crippen LogP contribution in [0.3, 0.4) is 0 Å². The van der Waals surface area contributed by atoms with Gasteiger partial charge in [-0.25, -0.2) is 15.0 Å². The molecule has 0 unspecified atom stereocenters. The monoisotopic (exact) mass is 733 g/mol. The first-order valence-corrected chi connectivity index (χ1v) is 19.5. The molecule has 56 heavy (non-hydrogen) atoms. The SMILES string of the molecule is c1ccc(-c2cc(-c3ccccc3)c3sc4cccc(-c5nc(-c6ccccc6)nc(-c6ccc(-c7cccc8c7oc7ccccc78)cc6)n5)c4c3c2)cc1. The lowest BCUT2D eigenvalue weighted by atomic mass is 9.95. The van der Waals surface area contributed by atoms with E-state index in [0.29, 0.717) is 17.5 Å². The van der Waals surface area contributed by atoms with Crippen LogP contribution in [0.15, 0.2) is 192 Å². The maximum absolute atomic E-state index is 6.37. The Labute approximate surface area is 327 Å². The van der Waals surface area contributed by atoms with Gasteiger partial charge in [0.1, 0.15) is 11.2 Å². The molecule has 0 atom stereocenters.